The molecule has 78 valence electrons. The zero-order valence-electron chi connectivity index (χ0n) is 8.61. The van der Waals surface area contributed by atoms with Crippen LogP contribution >= 0.6 is 0 Å². The lowest BCUT2D eigenvalue weighted by Gasteiger charge is -2.39. The second-order valence-electron chi connectivity index (χ2n) is 4.05. The number of aliphatic hydroxyl groups excluding tert-OH is 1. The molecule has 3 N–H and O–H groups in total. The van der Waals surface area contributed by atoms with Gasteiger partial charge in [-0.1, -0.05) is 0 Å². The van der Waals surface area contributed by atoms with Crippen molar-refractivity contribution in [3.63, 3.8) is 0 Å². The van der Waals surface area contributed by atoms with Gasteiger partial charge in [-0.15, -0.1) is 0 Å². The monoisotopic (exact) mass is 187 g/mol. The van der Waals surface area contributed by atoms with Crippen molar-refractivity contribution in [3.8, 4) is 0 Å². The fourth-order valence-corrected chi connectivity index (χ4v) is 1.78. The quantitative estimate of drug-likeness (QED) is 0.591. The van der Waals surface area contributed by atoms with Crippen LogP contribution in [-0.2, 0) is 0 Å². The molecule has 2 atom stereocenters. The fraction of sp³-hybridized carbons (Fsp3) is 1.00. The number of hydrogen-bond donors (Lipinski definition) is 2. The number of rotatable bonds is 3. The SMILES string of the molecule is CC(N)CN1CCN(C)C(CO)C1. The lowest BCUT2D eigenvalue weighted by atomic mass is 10.2. The summed E-state index contributed by atoms with van der Waals surface area (Å²) in [7, 11) is 2.06. The minimum atomic E-state index is 0.225. The predicted octanol–water partition coefficient (Wildman–Crippen LogP) is -1.06. The van der Waals surface area contributed by atoms with Crippen LogP contribution in [0.1, 0.15) is 6.92 Å². The van der Waals surface area contributed by atoms with Crippen molar-refractivity contribution >= 4 is 0 Å². The van der Waals surface area contributed by atoms with Crippen LogP contribution in [0.2, 0.25) is 0 Å². The van der Waals surface area contributed by atoms with E-state index >= 15 is 0 Å². The third kappa shape index (κ3) is 3.23. The predicted molar refractivity (Wildman–Crippen MR) is 53.6 cm³/mol. The molecule has 1 rings (SSSR count). The smallest absolute Gasteiger partial charge is 0.0599 e. The molecule has 1 fully saturated rings. The molecule has 0 aromatic carbocycles. The normalized spacial score (nSPS) is 29.1. The lowest BCUT2D eigenvalue weighted by Crippen LogP contribution is -2.54. The van der Waals surface area contributed by atoms with Gasteiger partial charge in [-0.05, 0) is 14.0 Å². The molecule has 0 radical (unpaired) electrons. The maximum Gasteiger partial charge on any atom is 0.0599 e. The second-order valence-corrected chi connectivity index (χ2v) is 4.05. The molecule has 1 aliphatic heterocycles. The van der Waals surface area contributed by atoms with Crippen molar-refractivity contribution in [2.24, 2.45) is 5.73 Å². The van der Waals surface area contributed by atoms with Crippen LogP contribution in [-0.4, -0.2) is 66.8 Å². The van der Waals surface area contributed by atoms with Crippen LogP contribution in [0, 0.1) is 0 Å². The highest BCUT2D eigenvalue weighted by molar-refractivity contribution is 4.80. The molecule has 1 saturated heterocycles. The molecule has 2 unspecified atom stereocenters. The minimum absolute atomic E-state index is 0.225. The van der Waals surface area contributed by atoms with Crippen molar-refractivity contribution in [2.75, 3.05) is 39.8 Å². The first-order chi connectivity index (χ1) is 6.13. The summed E-state index contributed by atoms with van der Waals surface area (Å²) in [6.07, 6.45) is 0. The van der Waals surface area contributed by atoms with E-state index in [1.165, 1.54) is 0 Å². The Morgan fingerprint density at radius 3 is 2.77 bits per heavy atom. The van der Waals surface area contributed by atoms with Crippen molar-refractivity contribution in [3.05, 3.63) is 0 Å². The van der Waals surface area contributed by atoms with Crippen molar-refractivity contribution in [2.45, 2.75) is 19.0 Å². The van der Waals surface area contributed by atoms with Crippen molar-refractivity contribution in [1.29, 1.82) is 0 Å². The summed E-state index contributed by atoms with van der Waals surface area (Å²) < 4.78 is 0. The summed E-state index contributed by atoms with van der Waals surface area (Å²) in [6, 6.07) is 0.509. The van der Waals surface area contributed by atoms with E-state index in [1.807, 2.05) is 6.92 Å². The topological polar surface area (TPSA) is 52.7 Å². The third-order valence-electron chi connectivity index (χ3n) is 2.62. The summed E-state index contributed by atoms with van der Waals surface area (Å²) in [4.78, 5) is 4.53. The Balaban J connectivity index is 2.36. The van der Waals surface area contributed by atoms with Gasteiger partial charge in [0.25, 0.3) is 0 Å². The molecule has 0 aromatic rings. The van der Waals surface area contributed by atoms with Gasteiger partial charge in [0, 0.05) is 38.3 Å². The third-order valence-corrected chi connectivity index (χ3v) is 2.62. The van der Waals surface area contributed by atoms with E-state index in [1.54, 1.807) is 0 Å². The van der Waals surface area contributed by atoms with Crippen molar-refractivity contribution in [1.82, 2.24) is 9.80 Å². The highest BCUT2D eigenvalue weighted by atomic mass is 16.3. The molecule has 13 heavy (non-hydrogen) atoms. The Kier molecular flexibility index (Phi) is 4.12. The van der Waals surface area contributed by atoms with E-state index in [4.69, 9.17) is 10.8 Å². The van der Waals surface area contributed by atoms with Gasteiger partial charge in [0.2, 0.25) is 0 Å². The Morgan fingerprint density at radius 2 is 2.23 bits per heavy atom. The van der Waals surface area contributed by atoms with Gasteiger partial charge in [0.15, 0.2) is 0 Å². The van der Waals surface area contributed by atoms with Crippen LogP contribution in [0.5, 0.6) is 0 Å². The van der Waals surface area contributed by atoms with Gasteiger partial charge >= 0.3 is 0 Å². The first-order valence-electron chi connectivity index (χ1n) is 4.92. The molecule has 1 aliphatic rings. The molecule has 0 saturated carbocycles. The van der Waals surface area contributed by atoms with Gasteiger partial charge < -0.3 is 10.8 Å². The summed E-state index contributed by atoms with van der Waals surface area (Å²) >= 11 is 0. The summed E-state index contributed by atoms with van der Waals surface area (Å²) in [5.74, 6) is 0. The summed E-state index contributed by atoms with van der Waals surface area (Å²) in [5, 5.41) is 9.11. The molecule has 0 spiro atoms. The average molecular weight is 187 g/mol. The van der Waals surface area contributed by atoms with Gasteiger partial charge in [-0.25, -0.2) is 0 Å². The largest absolute Gasteiger partial charge is 0.395 e. The van der Waals surface area contributed by atoms with E-state index in [0.717, 1.165) is 26.2 Å². The number of nitrogens with two attached hydrogens (primary N) is 1. The zero-order valence-corrected chi connectivity index (χ0v) is 8.61. The van der Waals surface area contributed by atoms with Crippen LogP contribution in [0.15, 0.2) is 0 Å². The number of aliphatic hydroxyl groups is 1. The molecule has 4 nitrogen and oxygen atoms in total. The summed E-state index contributed by atoms with van der Waals surface area (Å²) in [5.41, 5.74) is 5.73. The van der Waals surface area contributed by atoms with Gasteiger partial charge in [-0.3, -0.25) is 9.80 Å². The van der Waals surface area contributed by atoms with Gasteiger partial charge in [0.1, 0.15) is 0 Å². The maximum absolute atomic E-state index is 9.11. The highest BCUT2D eigenvalue weighted by Crippen LogP contribution is 2.06. The first kappa shape index (κ1) is 10.9. The molecule has 0 amide bonds. The van der Waals surface area contributed by atoms with E-state index in [0.29, 0.717) is 0 Å². The van der Waals surface area contributed by atoms with Crippen molar-refractivity contribution < 1.29 is 5.11 Å². The number of hydrogen-bond acceptors (Lipinski definition) is 4. The van der Waals surface area contributed by atoms with E-state index < -0.39 is 0 Å². The molecule has 0 aromatic heterocycles. The minimum Gasteiger partial charge on any atom is -0.395 e. The van der Waals surface area contributed by atoms with E-state index in [-0.39, 0.29) is 18.7 Å². The van der Waals surface area contributed by atoms with Crippen LogP contribution in [0.25, 0.3) is 0 Å². The first-order valence-corrected chi connectivity index (χ1v) is 4.92. The van der Waals surface area contributed by atoms with E-state index in [9.17, 15) is 0 Å². The highest BCUT2D eigenvalue weighted by Gasteiger charge is 2.23. The zero-order chi connectivity index (χ0) is 9.84. The Bertz CT molecular complexity index is 152. The van der Waals surface area contributed by atoms with Gasteiger partial charge in [-0.2, -0.15) is 0 Å². The Hall–Kier alpha value is -0.160. The van der Waals surface area contributed by atoms with E-state index in [2.05, 4.69) is 16.8 Å². The number of nitrogens with zero attached hydrogens (tertiary/aromatic N) is 2. The molecule has 1 heterocycles. The van der Waals surface area contributed by atoms with Crippen LogP contribution in [0.3, 0.4) is 0 Å². The molecule has 0 aliphatic carbocycles. The molecule has 0 bridgehead atoms. The maximum atomic E-state index is 9.11. The van der Waals surface area contributed by atoms with Crippen LogP contribution < -0.4 is 5.73 Å². The average Bonchev–Trinajstić information content (AvgIpc) is 2.07. The molecule has 4 heteroatoms. The number of likely N-dealkylation sites (N-methyl/N-ethyl adjacent to an activating group) is 1. The summed E-state index contributed by atoms with van der Waals surface area (Å²) in [6.45, 7) is 6.23. The molecular weight excluding hydrogens is 166 g/mol. The lowest BCUT2D eigenvalue weighted by molar-refractivity contribution is 0.0557. The standard InChI is InChI=1S/C9H21N3O/c1-8(10)5-12-4-3-11(2)9(6-12)7-13/h8-9,13H,3-7,10H2,1-2H3. The number of piperazine rings is 1. The van der Waals surface area contributed by atoms with Gasteiger partial charge in [0.05, 0.1) is 6.61 Å². The van der Waals surface area contributed by atoms with Crippen LogP contribution in [0.4, 0.5) is 0 Å². The Labute approximate surface area is 80.3 Å². The molecular formula is C9H21N3O. The Morgan fingerprint density at radius 1 is 1.54 bits per heavy atom. The fourth-order valence-electron chi connectivity index (χ4n) is 1.78. The second kappa shape index (κ2) is 4.91.